The molecule has 0 N–H and O–H groups in total. The van der Waals surface area contributed by atoms with Gasteiger partial charge in [-0.05, 0) is 24.8 Å². The van der Waals surface area contributed by atoms with E-state index in [9.17, 15) is 0 Å². The van der Waals surface area contributed by atoms with Crippen LogP contribution >= 0.6 is 15.9 Å². The molecule has 0 atom stereocenters. The lowest BCUT2D eigenvalue weighted by molar-refractivity contribution is 0.693. The van der Waals surface area contributed by atoms with E-state index in [0.717, 1.165) is 23.4 Å². The smallest absolute Gasteiger partial charge is 0.225 e. The fraction of sp³-hybridized carbons (Fsp3) is 0.667. The molecular formula is C12H18BrN3. The van der Waals surface area contributed by atoms with Crippen molar-refractivity contribution in [1.82, 2.24) is 9.97 Å². The van der Waals surface area contributed by atoms with Crippen molar-refractivity contribution in [1.29, 1.82) is 0 Å². The monoisotopic (exact) mass is 283 g/mol. The summed E-state index contributed by atoms with van der Waals surface area (Å²) in [6.45, 7) is 3.31. The maximum absolute atomic E-state index is 4.45. The molecule has 1 aromatic rings. The summed E-state index contributed by atoms with van der Waals surface area (Å²) in [6.07, 6.45) is 8.88. The van der Waals surface area contributed by atoms with E-state index in [1.807, 2.05) is 12.4 Å². The van der Waals surface area contributed by atoms with Crippen LogP contribution in [0.15, 0.2) is 12.4 Å². The molecule has 0 amide bonds. The minimum Gasteiger partial charge on any atom is -0.338 e. The van der Waals surface area contributed by atoms with Crippen LogP contribution in [0, 0.1) is 0 Å². The third kappa shape index (κ3) is 2.94. The summed E-state index contributed by atoms with van der Waals surface area (Å²) in [5.41, 5.74) is 1.13. The van der Waals surface area contributed by atoms with Crippen molar-refractivity contribution in [2.45, 2.75) is 44.0 Å². The molecule has 3 nitrogen and oxygen atoms in total. The first-order valence-corrected chi connectivity index (χ1v) is 7.10. The van der Waals surface area contributed by atoms with Gasteiger partial charge in [0.2, 0.25) is 5.95 Å². The molecule has 0 saturated heterocycles. The van der Waals surface area contributed by atoms with Crippen LogP contribution in [-0.2, 0) is 5.33 Å². The van der Waals surface area contributed by atoms with Gasteiger partial charge in [-0.1, -0.05) is 29.3 Å². The first kappa shape index (κ1) is 11.8. The molecule has 16 heavy (non-hydrogen) atoms. The lowest BCUT2D eigenvalue weighted by Crippen LogP contribution is -2.28. The van der Waals surface area contributed by atoms with Crippen molar-refractivity contribution in [3.05, 3.63) is 18.0 Å². The van der Waals surface area contributed by atoms with Gasteiger partial charge in [-0.25, -0.2) is 9.97 Å². The first-order valence-electron chi connectivity index (χ1n) is 5.98. The zero-order chi connectivity index (χ0) is 11.4. The van der Waals surface area contributed by atoms with Gasteiger partial charge in [0.05, 0.1) is 0 Å². The van der Waals surface area contributed by atoms with Crippen molar-refractivity contribution in [2.24, 2.45) is 0 Å². The second kappa shape index (κ2) is 5.62. The average Bonchev–Trinajstić information content (AvgIpc) is 3.15. The van der Waals surface area contributed by atoms with E-state index in [4.69, 9.17) is 0 Å². The maximum atomic E-state index is 4.45. The summed E-state index contributed by atoms with van der Waals surface area (Å²) in [4.78, 5) is 11.3. The lowest BCUT2D eigenvalue weighted by atomic mass is 10.3. The van der Waals surface area contributed by atoms with Crippen molar-refractivity contribution < 1.29 is 0 Å². The highest BCUT2D eigenvalue weighted by Crippen LogP contribution is 2.29. The maximum Gasteiger partial charge on any atom is 0.225 e. The van der Waals surface area contributed by atoms with Gasteiger partial charge in [0.1, 0.15) is 0 Å². The normalized spacial score (nSPS) is 15.1. The van der Waals surface area contributed by atoms with Crippen LogP contribution in [0.5, 0.6) is 0 Å². The zero-order valence-corrected chi connectivity index (χ0v) is 11.3. The highest BCUT2D eigenvalue weighted by atomic mass is 79.9. The van der Waals surface area contributed by atoms with Crippen LogP contribution in [0.4, 0.5) is 5.95 Å². The summed E-state index contributed by atoms with van der Waals surface area (Å²) in [7, 11) is 0. The Morgan fingerprint density at radius 2 is 2.06 bits per heavy atom. The van der Waals surface area contributed by atoms with Crippen molar-refractivity contribution in [3.8, 4) is 0 Å². The number of aromatic nitrogens is 2. The Kier molecular flexibility index (Phi) is 4.16. The number of unbranched alkanes of at least 4 members (excludes halogenated alkanes) is 1. The Bertz CT molecular complexity index is 322. The molecule has 1 fully saturated rings. The summed E-state index contributed by atoms with van der Waals surface area (Å²) < 4.78 is 0. The van der Waals surface area contributed by atoms with Crippen LogP contribution in [0.1, 0.15) is 38.2 Å². The van der Waals surface area contributed by atoms with E-state index in [-0.39, 0.29) is 0 Å². The lowest BCUT2D eigenvalue weighted by Gasteiger charge is -2.21. The molecule has 0 bridgehead atoms. The quantitative estimate of drug-likeness (QED) is 0.751. The Balaban J connectivity index is 2.05. The van der Waals surface area contributed by atoms with Gasteiger partial charge in [-0.15, -0.1) is 0 Å². The van der Waals surface area contributed by atoms with E-state index in [2.05, 4.69) is 37.7 Å². The molecule has 4 heteroatoms. The van der Waals surface area contributed by atoms with Gasteiger partial charge in [-0.2, -0.15) is 0 Å². The van der Waals surface area contributed by atoms with Crippen LogP contribution in [0.2, 0.25) is 0 Å². The molecule has 0 unspecified atom stereocenters. The van der Waals surface area contributed by atoms with E-state index in [1.54, 1.807) is 0 Å². The third-order valence-corrected chi connectivity index (χ3v) is 3.49. The molecular weight excluding hydrogens is 266 g/mol. The zero-order valence-electron chi connectivity index (χ0n) is 9.69. The van der Waals surface area contributed by atoms with Crippen LogP contribution in [-0.4, -0.2) is 22.6 Å². The molecule has 0 radical (unpaired) electrons. The van der Waals surface area contributed by atoms with Crippen LogP contribution < -0.4 is 4.90 Å². The largest absolute Gasteiger partial charge is 0.338 e. The Hall–Kier alpha value is -0.640. The van der Waals surface area contributed by atoms with Crippen molar-refractivity contribution in [3.63, 3.8) is 0 Å². The van der Waals surface area contributed by atoms with Gasteiger partial charge in [0, 0.05) is 30.3 Å². The Morgan fingerprint density at radius 3 is 2.56 bits per heavy atom. The number of hydrogen-bond donors (Lipinski definition) is 0. The van der Waals surface area contributed by atoms with E-state index < -0.39 is 0 Å². The van der Waals surface area contributed by atoms with E-state index >= 15 is 0 Å². The predicted molar refractivity (Wildman–Crippen MR) is 69.9 cm³/mol. The van der Waals surface area contributed by atoms with Gasteiger partial charge in [0.15, 0.2) is 0 Å². The summed E-state index contributed by atoms with van der Waals surface area (Å²) in [5, 5.41) is 0.825. The van der Waals surface area contributed by atoms with Crippen LogP contribution in [0.25, 0.3) is 0 Å². The van der Waals surface area contributed by atoms with Crippen molar-refractivity contribution >= 4 is 21.9 Å². The average molecular weight is 284 g/mol. The number of hydrogen-bond acceptors (Lipinski definition) is 3. The standard InChI is InChI=1S/C12H18BrN3/c1-2-3-6-16(11-4-5-11)12-14-8-10(7-13)9-15-12/h8-9,11H,2-7H2,1H3. The number of rotatable bonds is 6. The topological polar surface area (TPSA) is 29.0 Å². The molecule has 88 valence electrons. The number of nitrogens with zero attached hydrogens (tertiary/aromatic N) is 3. The molecule has 2 rings (SSSR count). The van der Waals surface area contributed by atoms with Gasteiger partial charge < -0.3 is 4.90 Å². The minimum absolute atomic E-state index is 0.696. The van der Waals surface area contributed by atoms with E-state index in [1.165, 1.54) is 25.7 Å². The Labute approximate surface area is 105 Å². The second-order valence-corrected chi connectivity index (χ2v) is 4.86. The fourth-order valence-corrected chi connectivity index (χ4v) is 2.02. The number of halogens is 1. The SMILES string of the molecule is CCCCN(c1ncc(CBr)cn1)C1CC1. The van der Waals surface area contributed by atoms with Crippen LogP contribution in [0.3, 0.4) is 0 Å². The first-order chi connectivity index (χ1) is 7.85. The molecule has 0 aliphatic heterocycles. The molecule has 0 aromatic carbocycles. The van der Waals surface area contributed by atoms with Crippen molar-refractivity contribution in [2.75, 3.05) is 11.4 Å². The predicted octanol–water partition coefficient (Wildman–Crippen LogP) is 3.14. The summed E-state index contributed by atoms with van der Waals surface area (Å²) in [5.74, 6) is 0.903. The molecule has 1 aliphatic rings. The highest BCUT2D eigenvalue weighted by molar-refractivity contribution is 9.08. The molecule has 1 aromatic heterocycles. The van der Waals surface area contributed by atoms with Gasteiger partial charge >= 0.3 is 0 Å². The number of alkyl halides is 1. The second-order valence-electron chi connectivity index (χ2n) is 4.30. The van der Waals surface area contributed by atoms with Gasteiger partial charge in [0.25, 0.3) is 0 Å². The fourth-order valence-electron chi connectivity index (χ4n) is 1.73. The molecule has 0 spiro atoms. The summed E-state index contributed by atoms with van der Waals surface area (Å²) in [6, 6.07) is 0.696. The molecule has 1 aliphatic carbocycles. The molecule has 1 heterocycles. The summed E-state index contributed by atoms with van der Waals surface area (Å²) >= 11 is 3.41. The third-order valence-electron chi connectivity index (χ3n) is 2.84. The van der Waals surface area contributed by atoms with E-state index in [0.29, 0.717) is 6.04 Å². The minimum atomic E-state index is 0.696. The highest BCUT2D eigenvalue weighted by Gasteiger charge is 2.30. The Morgan fingerprint density at radius 1 is 1.38 bits per heavy atom. The van der Waals surface area contributed by atoms with Gasteiger partial charge in [-0.3, -0.25) is 0 Å². The molecule has 1 saturated carbocycles. The number of anilines is 1.